The first-order valence-corrected chi connectivity index (χ1v) is 4.90. The Hall–Kier alpha value is -0.830. The van der Waals surface area contributed by atoms with Gasteiger partial charge in [-0.15, -0.1) is 0 Å². The molecule has 0 bridgehead atoms. The highest BCUT2D eigenvalue weighted by Crippen LogP contribution is 2.19. The van der Waals surface area contributed by atoms with E-state index in [0.29, 0.717) is 0 Å². The second-order valence-corrected chi connectivity index (χ2v) is 3.32. The molecule has 2 aromatic rings. The van der Waals surface area contributed by atoms with Gasteiger partial charge >= 0.3 is 0 Å². The largest absolute Gasteiger partial charge is 0.268 e. The Morgan fingerprint density at radius 2 is 2.33 bits per heavy atom. The molecule has 1 aromatic carbocycles. The van der Waals surface area contributed by atoms with E-state index in [4.69, 9.17) is 0 Å². The minimum Gasteiger partial charge on any atom is -0.268 e. The molecule has 0 N–H and O–H groups in total. The van der Waals surface area contributed by atoms with Crippen molar-refractivity contribution < 1.29 is 0 Å². The summed E-state index contributed by atoms with van der Waals surface area (Å²) >= 11 is 3.46. The van der Waals surface area contributed by atoms with Crippen LogP contribution in [-0.4, -0.2) is 9.78 Å². The summed E-state index contributed by atoms with van der Waals surface area (Å²) in [5.41, 5.74) is 2.50. The van der Waals surface area contributed by atoms with Crippen LogP contribution in [0.25, 0.3) is 10.9 Å². The predicted octanol–water partition coefficient (Wildman–Crippen LogP) is 2.47. The number of rotatable bonds is 1. The Bertz CT molecular complexity index is 406. The van der Waals surface area contributed by atoms with Gasteiger partial charge in [0.1, 0.15) is 0 Å². The van der Waals surface area contributed by atoms with Gasteiger partial charge in [-0.25, -0.2) is 0 Å². The minimum absolute atomic E-state index is 0.879. The summed E-state index contributed by atoms with van der Waals surface area (Å²) in [6, 6.07) is 6.24. The topological polar surface area (TPSA) is 17.8 Å². The average Bonchev–Trinajstić information content (AvgIpc) is 2.48. The average molecular weight is 225 g/mol. The standard InChI is InChI=1S/C9H9BrN2/c1-12-9-7(5-10)3-2-4-8(9)6-11-12/h2-4,6H,5H2,1H3. The van der Waals surface area contributed by atoms with Crippen LogP contribution in [0.3, 0.4) is 0 Å². The molecule has 2 nitrogen and oxygen atoms in total. The van der Waals surface area contributed by atoms with E-state index in [1.165, 1.54) is 16.5 Å². The predicted molar refractivity (Wildman–Crippen MR) is 53.3 cm³/mol. The van der Waals surface area contributed by atoms with Gasteiger partial charge in [-0.1, -0.05) is 34.1 Å². The van der Waals surface area contributed by atoms with Crippen LogP contribution >= 0.6 is 15.9 Å². The molecule has 0 amide bonds. The monoisotopic (exact) mass is 224 g/mol. The zero-order valence-corrected chi connectivity index (χ0v) is 8.37. The molecule has 0 saturated heterocycles. The molecule has 0 radical (unpaired) electrons. The molecule has 0 aliphatic rings. The quantitative estimate of drug-likeness (QED) is 0.681. The number of para-hydroxylation sites is 1. The van der Waals surface area contributed by atoms with Crippen molar-refractivity contribution in [2.45, 2.75) is 5.33 Å². The van der Waals surface area contributed by atoms with Crippen LogP contribution in [0, 0.1) is 0 Å². The zero-order chi connectivity index (χ0) is 8.55. The third-order valence-corrected chi connectivity index (χ3v) is 2.59. The maximum atomic E-state index is 4.20. The highest BCUT2D eigenvalue weighted by Gasteiger charge is 2.02. The highest BCUT2D eigenvalue weighted by atomic mass is 79.9. The van der Waals surface area contributed by atoms with Gasteiger partial charge in [-0.2, -0.15) is 5.10 Å². The van der Waals surface area contributed by atoms with E-state index in [1.807, 2.05) is 17.9 Å². The Balaban J connectivity index is 2.84. The number of halogens is 1. The van der Waals surface area contributed by atoms with Gasteiger partial charge in [-0.05, 0) is 5.56 Å². The number of hydrogen-bond acceptors (Lipinski definition) is 1. The summed E-state index contributed by atoms with van der Waals surface area (Å²) in [6.07, 6.45) is 1.89. The molecule has 3 heteroatoms. The molecular weight excluding hydrogens is 216 g/mol. The van der Waals surface area contributed by atoms with Crippen molar-refractivity contribution in [1.29, 1.82) is 0 Å². The van der Waals surface area contributed by atoms with Crippen molar-refractivity contribution >= 4 is 26.8 Å². The van der Waals surface area contributed by atoms with Gasteiger partial charge in [0, 0.05) is 17.8 Å². The van der Waals surface area contributed by atoms with Gasteiger partial charge in [0.25, 0.3) is 0 Å². The fourth-order valence-electron chi connectivity index (χ4n) is 1.42. The molecule has 0 unspecified atom stereocenters. The van der Waals surface area contributed by atoms with Gasteiger partial charge in [-0.3, -0.25) is 4.68 Å². The number of aromatic nitrogens is 2. The maximum Gasteiger partial charge on any atom is 0.0719 e. The summed E-state index contributed by atoms with van der Waals surface area (Å²) in [6.45, 7) is 0. The summed E-state index contributed by atoms with van der Waals surface area (Å²) in [5, 5.41) is 6.28. The first kappa shape index (κ1) is 7.80. The molecule has 12 heavy (non-hydrogen) atoms. The molecule has 62 valence electrons. The van der Waals surface area contributed by atoms with Crippen LogP contribution in [0.2, 0.25) is 0 Å². The van der Waals surface area contributed by atoms with E-state index in [9.17, 15) is 0 Å². The molecule has 0 aliphatic carbocycles. The van der Waals surface area contributed by atoms with Crippen LogP contribution in [-0.2, 0) is 12.4 Å². The molecule has 2 rings (SSSR count). The molecule has 0 aliphatic heterocycles. The minimum atomic E-state index is 0.879. The Labute approximate surface area is 79.3 Å². The lowest BCUT2D eigenvalue weighted by Crippen LogP contribution is -1.92. The van der Waals surface area contributed by atoms with Crippen molar-refractivity contribution in [3.63, 3.8) is 0 Å². The second kappa shape index (κ2) is 2.90. The summed E-state index contributed by atoms with van der Waals surface area (Å²) in [4.78, 5) is 0. The van der Waals surface area contributed by atoms with E-state index in [-0.39, 0.29) is 0 Å². The van der Waals surface area contributed by atoms with E-state index in [1.54, 1.807) is 0 Å². The molecule has 0 atom stereocenters. The smallest absolute Gasteiger partial charge is 0.0719 e. The van der Waals surface area contributed by atoms with E-state index in [0.717, 1.165) is 5.33 Å². The third kappa shape index (κ3) is 1.05. The number of fused-ring (bicyclic) bond motifs is 1. The molecule has 1 aromatic heterocycles. The number of hydrogen-bond donors (Lipinski definition) is 0. The number of alkyl halides is 1. The fourth-order valence-corrected chi connectivity index (χ4v) is 1.88. The summed E-state index contributed by atoms with van der Waals surface area (Å²) in [7, 11) is 1.97. The Morgan fingerprint density at radius 1 is 1.50 bits per heavy atom. The van der Waals surface area contributed by atoms with Crippen LogP contribution in [0.15, 0.2) is 24.4 Å². The van der Waals surface area contributed by atoms with E-state index in [2.05, 4.69) is 39.2 Å². The van der Waals surface area contributed by atoms with Crippen LogP contribution in [0.1, 0.15) is 5.56 Å². The SMILES string of the molecule is Cn1ncc2cccc(CBr)c21. The van der Waals surface area contributed by atoms with E-state index < -0.39 is 0 Å². The van der Waals surface area contributed by atoms with E-state index >= 15 is 0 Å². The van der Waals surface area contributed by atoms with Gasteiger partial charge in [0.05, 0.1) is 11.7 Å². The zero-order valence-electron chi connectivity index (χ0n) is 6.79. The number of nitrogens with zero attached hydrogens (tertiary/aromatic N) is 2. The molecular formula is C9H9BrN2. The van der Waals surface area contributed by atoms with Crippen molar-refractivity contribution in [2.24, 2.45) is 7.05 Å². The van der Waals surface area contributed by atoms with Crippen molar-refractivity contribution in [3.8, 4) is 0 Å². The first-order valence-electron chi connectivity index (χ1n) is 3.78. The van der Waals surface area contributed by atoms with Gasteiger partial charge in [0.2, 0.25) is 0 Å². The highest BCUT2D eigenvalue weighted by molar-refractivity contribution is 9.08. The maximum absolute atomic E-state index is 4.20. The summed E-state index contributed by atoms with van der Waals surface area (Å²) < 4.78 is 1.91. The van der Waals surface area contributed by atoms with Crippen molar-refractivity contribution in [1.82, 2.24) is 9.78 Å². The normalized spacial score (nSPS) is 10.8. The lowest BCUT2D eigenvalue weighted by molar-refractivity contribution is 0.794. The molecule has 0 fully saturated rings. The number of benzene rings is 1. The van der Waals surface area contributed by atoms with Crippen LogP contribution in [0.4, 0.5) is 0 Å². The van der Waals surface area contributed by atoms with Crippen molar-refractivity contribution in [2.75, 3.05) is 0 Å². The second-order valence-electron chi connectivity index (χ2n) is 2.76. The lowest BCUT2D eigenvalue weighted by Gasteiger charge is -1.99. The molecule has 1 heterocycles. The molecule has 0 spiro atoms. The number of aryl methyl sites for hydroxylation is 1. The Kier molecular flexibility index (Phi) is 1.89. The van der Waals surface area contributed by atoms with Crippen molar-refractivity contribution in [3.05, 3.63) is 30.0 Å². The van der Waals surface area contributed by atoms with Gasteiger partial charge in [0.15, 0.2) is 0 Å². The molecule has 0 saturated carbocycles. The Morgan fingerprint density at radius 3 is 3.08 bits per heavy atom. The third-order valence-electron chi connectivity index (χ3n) is 1.99. The van der Waals surface area contributed by atoms with Gasteiger partial charge < -0.3 is 0 Å². The van der Waals surface area contributed by atoms with Crippen LogP contribution in [0.5, 0.6) is 0 Å². The fraction of sp³-hybridized carbons (Fsp3) is 0.222. The lowest BCUT2D eigenvalue weighted by atomic mass is 10.2. The first-order chi connectivity index (χ1) is 5.83. The summed E-state index contributed by atoms with van der Waals surface area (Å²) in [5.74, 6) is 0. The van der Waals surface area contributed by atoms with Crippen LogP contribution < -0.4 is 0 Å².